The molecule has 0 bridgehead atoms. The van der Waals surface area contributed by atoms with Crippen molar-refractivity contribution in [3.63, 3.8) is 0 Å². The van der Waals surface area contributed by atoms with E-state index in [1.165, 1.54) is 0 Å². The second-order valence-electron chi connectivity index (χ2n) is 5.50. The van der Waals surface area contributed by atoms with Crippen molar-refractivity contribution in [2.24, 2.45) is 5.41 Å². The zero-order chi connectivity index (χ0) is 18.6. The van der Waals surface area contributed by atoms with E-state index in [-0.39, 0.29) is 0 Å². The Bertz CT molecular complexity index is 789. The maximum Gasteiger partial charge on any atom is 0.328 e. The summed E-state index contributed by atoms with van der Waals surface area (Å²) in [5, 5.41) is 4.19. The number of hydrogen-bond acceptors (Lipinski definition) is 7. The van der Waals surface area contributed by atoms with E-state index in [2.05, 4.69) is 30.6 Å². The van der Waals surface area contributed by atoms with Crippen molar-refractivity contribution in [3.8, 4) is 0 Å². The van der Waals surface area contributed by atoms with Gasteiger partial charge in [-0.3, -0.25) is 20.2 Å². The van der Waals surface area contributed by atoms with Crippen molar-refractivity contribution >= 4 is 34.8 Å². The van der Waals surface area contributed by atoms with Gasteiger partial charge in [0.05, 0.1) is 6.33 Å². The molecule has 3 heterocycles. The minimum absolute atomic E-state index is 0.397. The molecule has 2 aromatic heterocycles. The lowest BCUT2D eigenvalue weighted by atomic mass is 9.79. The van der Waals surface area contributed by atoms with Gasteiger partial charge in [-0.25, -0.2) is 19.7 Å². The third-order valence-corrected chi connectivity index (χ3v) is 4.20. The number of carbonyl (C=O) groups is 3. The first-order valence-corrected chi connectivity index (χ1v) is 8.00. The first-order valence-electron chi connectivity index (χ1n) is 8.00. The second-order valence-corrected chi connectivity index (χ2v) is 5.50. The highest BCUT2D eigenvalue weighted by Crippen LogP contribution is 2.28. The number of H-pyrrole nitrogens is 1. The van der Waals surface area contributed by atoms with Gasteiger partial charge in [0.2, 0.25) is 11.8 Å². The van der Waals surface area contributed by atoms with Crippen LogP contribution in [0.25, 0.3) is 11.2 Å². The molecule has 0 atom stereocenters. The summed E-state index contributed by atoms with van der Waals surface area (Å²) in [6.07, 6.45) is 3.14. The van der Waals surface area contributed by atoms with Gasteiger partial charge >= 0.3 is 6.03 Å². The number of nitrogens with two attached hydrogens (primary N) is 1. The number of aryl methyl sites for hydroxylation is 1. The monoisotopic (exact) mass is 347 g/mol. The van der Waals surface area contributed by atoms with E-state index in [1.807, 2.05) is 6.92 Å². The molecular weight excluding hydrogens is 326 g/mol. The van der Waals surface area contributed by atoms with Crippen LogP contribution >= 0.6 is 0 Å². The van der Waals surface area contributed by atoms with Gasteiger partial charge in [-0.15, -0.1) is 0 Å². The number of carbonyl (C=O) groups excluding carboxylic acids is 3. The Hall–Kier alpha value is -3.04. The molecular formula is C15H21N7O3. The number of urea groups is 1. The molecule has 10 heteroatoms. The molecule has 0 unspecified atom stereocenters. The van der Waals surface area contributed by atoms with Gasteiger partial charge in [-0.1, -0.05) is 20.8 Å². The number of aromatic amines is 1. The molecule has 10 nitrogen and oxygen atoms in total. The number of barbiturate groups is 1. The van der Waals surface area contributed by atoms with E-state index >= 15 is 0 Å². The van der Waals surface area contributed by atoms with Gasteiger partial charge < -0.3 is 10.7 Å². The summed E-state index contributed by atoms with van der Waals surface area (Å²) in [5.74, 6) is 0.194. The number of amides is 4. The van der Waals surface area contributed by atoms with Gasteiger partial charge in [0.1, 0.15) is 16.8 Å². The summed E-state index contributed by atoms with van der Waals surface area (Å²) in [6, 6.07) is -0.729. The fraction of sp³-hybridized carbons (Fsp3) is 0.467. The highest BCUT2D eigenvalue weighted by atomic mass is 16.2. The number of nitrogen functional groups attached to an aromatic ring is 1. The lowest BCUT2D eigenvalue weighted by molar-refractivity contribution is -0.144. The molecule has 1 aliphatic heterocycles. The SMILES string of the molecule is CCC1(CC)C(=O)NC(=O)NC1=O.CCc1nc(N)c2nc[nH]c2n1. The van der Waals surface area contributed by atoms with Crippen LogP contribution in [0, 0.1) is 5.41 Å². The molecule has 3 rings (SSSR count). The van der Waals surface area contributed by atoms with Crippen LogP contribution in [-0.4, -0.2) is 37.8 Å². The van der Waals surface area contributed by atoms with Crippen LogP contribution in [-0.2, 0) is 16.0 Å². The van der Waals surface area contributed by atoms with Crippen molar-refractivity contribution in [2.75, 3.05) is 5.73 Å². The van der Waals surface area contributed by atoms with Crippen LogP contribution in [0.4, 0.5) is 10.6 Å². The first kappa shape index (κ1) is 18.3. The standard InChI is InChI=1S/C8H12N2O3.C7H9N5/c1-3-8(4-2)5(11)9-7(13)10-6(8)12;1-2-4-11-6(8)5-7(12-4)10-3-9-5/h3-4H2,1-2H3,(H2,9,10,11,12,13);3H,2H2,1H3,(H3,8,9,10,11,12). The maximum absolute atomic E-state index is 11.4. The summed E-state index contributed by atoms with van der Waals surface area (Å²) in [6.45, 7) is 5.48. The van der Waals surface area contributed by atoms with E-state index < -0.39 is 23.3 Å². The van der Waals surface area contributed by atoms with Gasteiger partial charge in [0, 0.05) is 6.42 Å². The fourth-order valence-electron chi connectivity index (χ4n) is 2.54. The van der Waals surface area contributed by atoms with E-state index in [0.717, 1.165) is 12.2 Å². The summed E-state index contributed by atoms with van der Waals surface area (Å²) in [4.78, 5) is 48.7. The molecule has 5 N–H and O–H groups in total. The molecule has 25 heavy (non-hydrogen) atoms. The number of nitrogens with zero attached hydrogens (tertiary/aromatic N) is 3. The minimum Gasteiger partial charge on any atom is -0.382 e. The van der Waals surface area contributed by atoms with Gasteiger partial charge in [0.15, 0.2) is 11.5 Å². The highest BCUT2D eigenvalue weighted by molar-refractivity contribution is 6.19. The normalized spacial score (nSPS) is 16.0. The topological polar surface area (TPSA) is 156 Å². The Morgan fingerprint density at radius 1 is 1.04 bits per heavy atom. The van der Waals surface area contributed by atoms with Crippen molar-refractivity contribution in [1.29, 1.82) is 0 Å². The molecule has 0 radical (unpaired) electrons. The van der Waals surface area contributed by atoms with Crippen LogP contribution in [0.3, 0.4) is 0 Å². The second kappa shape index (κ2) is 7.24. The maximum atomic E-state index is 11.4. The number of fused-ring (bicyclic) bond motifs is 1. The Labute approximate surface area is 144 Å². The van der Waals surface area contributed by atoms with E-state index in [4.69, 9.17) is 5.73 Å². The number of nitrogens with one attached hydrogen (secondary N) is 3. The van der Waals surface area contributed by atoms with Crippen LogP contribution in [0.2, 0.25) is 0 Å². The average molecular weight is 347 g/mol. The minimum atomic E-state index is -1.06. The molecule has 1 saturated heterocycles. The fourth-order valence-corrected chi connectivity index (χ4v) is 2.54. The average Bonchev–Trinajstić information content (AvgIpc) is 3.05. The Morgan fingerprint density at radius 2 is 1.64 bits per heavy atom. The van der Waals surface area contributed by atoms with Crippen LogP contribution < -0.4 is 16.4 Å². The summed E-state index contributed by atoms with van der Waals surface area (Å²) >= 11 is 0. The molecule has 0 aliphatic carbocycles. The quantitative estimate of drug-likeness (QED) is 0.594. The lowest BCUT2D eigenvalue weighted by Crippen LogP contribution is -2.61. The molecule has 1 fully saturated rings. The lowest BCUT2D eigenvalue weighted by Gasteiger charge is -2.31. The summed E-state index contributed by atoms with van der Waals surface area (Å²) in [7, 11) is 0. The first-order chi connectivity index (χ1) is 11.9. The van der Waals surface area contributed by atoms with E-state index in [9.17, 15) is 14.4 Å². The van der Waals surface area contributed by atoms with Crippen molar-refractivity contribution in [2.45, 2.75) is 40.0 Å². The number of hydrogen-bond donors (Lipinski definition) is 4. The van der Waals surface area contributed by atoms with E-state index in [1.54, 1.807) is 20.2 Å². The molecule has 134 valence electrons. The molecule has 2 aromatic rings. The van der Waals surface area contributed by atoms with Crippen LogP contribution in [0.15, 0.2) is 6.33 Å². The third-order valence-electron chi connectivity index (χ3n) is 4.20. The number of rotatable bonds is 3. The van der Waals surface area contributed by atoms with Crippen molar-refractivity contribution < 1.29 is 14.4 Å². The Kier molecular flexibility index (Phi) is 5.30. The van der Waals surface area contributed by atoms with Crippen LogP contribution in [0.1, 0.15) is 39.4 Å². The molecule has 0 saturated carbocycles. The molecule has 0 aromatic carbocycles. The molecule has 0 spiro atoms. The van der Waals surface area contributed by atoms with Gasteiger partial charge in [-0.05, 0) is 12.8 Å². The number of imidazole rings is 1. The Balaban J connectivity index is 0.000000181. The largest absolute Gasteiger partial charge is 0.382 e. The zero-order valence-electron chi connectivity index (χ0n) is 14.3. The predicted molar refractivity (Wildman–Crippen MR) is 90.2 cm³/mol. The number of anilines is 1. The van der Waals surface area contributed by atoms with Crippen LogP contribution in [0.5, 0.6) is 0 Å². The predicted octanol–water partition coefficient (Wildman–Crippen LogP) is 0.656. The Morgan fingerprint density at radius 3 is 2.16 bits per heavy atom. The zero-order valence-corrected chi connectivity index (χ0v) is 14.3. The summed E-state index contributed by atoms with van der Waals surface area (Å²) < 4.78 is 0. The highest BCUT2D eigenvalue weighted by Gasteiger charge is 2.47. The van der Waals surface area contributed by atoms with E-state index in [0.29, 0.717) is 29.8 Å². The van der Waals surface area contributed by atoms with Gasteiger partial charge in [0.25, 0.3) is 0 Å². The smallest absolute Gasteiger partial charge is 0.328 e. The third kappa shape index (κ3) is 3.42. The number of imide groups is 2. The summed E-state index contributed by atoms with van der Waals surface area (Å²) in [5.41, 5.74) is 5.94. The number of aromatic nitrogens is 4. The van der Waals surface area contributed by atoms with Gasteiger partial charge in [-0.2, -0.15) is 0 Å². The van der Waals surface area contributed by atoms with Crippen molar-refractivity contribution in [1.82, 2.24) is 30.6 Å². The van der Waals surface area contributed by atoms with Crippen molar-refractivity contribution in [3.05, 3.63) is 12.2 Å². The molecule has 4 amide bonds. The molecule has 1 aliphatic rings.